The summed E-state index contributed by atoms with van der Waals surface area (Å²) >= 11 is 0. The molecule has 0 aliphatic carbocycles. The molecule has 1 fully saturated rings. The van der Waals surface area contributed by atoms with Gasteiger partial charge in [0.05, 0.1) is 12.6 Å². The van der Waals surface area contributed by atoms with E-state index in [1.54, 1.807) is 18.3 Å². The maximum Gasteiger partial charge on any atom is 0.123 e. The largest absolute Gasteiger partial charge is 0.377 e. The van der Waals surface area contributed by atoms with E-state index < -0.39 is 0 Å². The predicted octanol–water partition coefficient (Wildman–Crippen LogP) is 2.34. The summed E-state index contributed by atoms with van der Waals surface area (Å²) in [5, 5.41) is 3.40. The Bertz CT molecular complexity index is 561. The van der Waals surface area contributed by atoms with Gasteiger partial charge in [0.25, 0.3) is 0 Å². The van der Waals surface area contributed by atoms with E-state index in [-0.39, 0.29) is 5.82 Å². The molecule has 2 aromatic rings. The zero-order valence-corrected chi connectivity index (χ0v) is 12.0. The maximum atomic E-state index is 12.9. The third kappa shape index (κ3) is 3.89. The van der Waals surface area contributed by atoms with Crippen molar-refractivity contribution in [3.8, 4) is 0 Å². The van der Waals surface area contributed by atoms with Crippen LogP contribution >= 0.6 is 0 Å². The summed E-state index contributed by atoms with van der Waals surface area (Å²) in [6, 6.07) is 6.58. The second-order valence-corrected chi connectivity index (χ2v) is 5.36. The zero-order valence-electron chi connectivity index (χ0n) is 12.0. The molecule has 0 amide bonds. The first kappa shape index (κ1) is 14.2. The Labute approximate surface area is 124 Å². The quantitative estimate of drug-likeness (QED) is 0.887. The minimum Gasteiger partial charge on any atom is -0.377 e. The van der Waals surface area contributed by atoms with Crippen molar-refractivity contribution in [2.45, 2.75) is 32.0 Å². The number of hydrogen-bond acceptors (Lipinski definition) is 3. The van der Waals surface area contributed by atoms with Crippen molar-refractivity contribution in [3.63, 3.8) is 0 Å². The van der Waals surface area contributed by atoms with Gasteiger partial charge in [-0.3, -0.25) is 0 Å². The lowest BCUT2D eigenvalue weighted by Crippen LogP contribution is -2.27. The molecule has 1 saturated heterocycles. The zero-order chi connectivity index (χ0) is 14.5. The Kier molecular flexibility index (Phi) is 4.62. The van der Waals surface area contributed by atoms with Gasteiger partial charge in [0.2, 0.25) is 0 Å². The lowest BCUT2D eigenvalue weighted by molar-refractivity contribution is 0.109. The molecule has 0 spiro atoms. The molecule has 1 aliphatic heterocycles. The van der Waals surface area contributed by atoms with E-state index in [4.69, 9.17) is 4.74 Å². The molecule has 21 heavy (non-hydrogen) atoms. The lowest BCUT2D eigenvalue weighted by atomic mass is 10.2. The first-order chi connectivity index (χ1) is 10.3. The second-order valence-electron chi connectivity index (χ2n) is 5.36. The average molecular weight is 289 g/mol. The van der Waals surface area contributed by atoms with Crippen LogP contribution in [0, 0.1) is 5.82 Å². The highest BCUT2D eigenvalue weighted by Gasteiger charge is 2.14. The van der Waals surface area contributed by atoms with Crippen LogP contribution < -0.4 is 5.32 Å². The van der Waals surface area contributed by atoms with E-state index in [2.05, 4.69) is 14.9 Å². The van der Waals surface area contributed by atoms with E-state index in [9.17, 15) is 4.39 Å². The Morgan fingerprint density at radius 3 is 2.95 bits per heavy atom. The van der Waals surface area contributed by atoms with Crippen LogP contribution in [-0.2, 0) is 17.8 Å². The molecule has 1 atom stereocenters. The fourth-order valence-electron chi connectivity index (χ4n) is 2.59. The van der Waals surface area contributed by atoms with Gasteiger partial charge in [-0.15, -0.1) is 0 Å². The molecular formula is C16H20FN3O. The highest BCUT2D eigenvalue weighted by Crippen LogP contribution is 2.11. The first-order valence-electron chi connectivity index (χ1n) is 7.38. The number of rotatable bonds is 6. The summed E-state index contributed by atoms with van der Waals surface area (Å²) in [6.07, 6.45) is 6.38. The third-order valence-electron chi connectivity index (χ3n) is 3.75. The topological polar surface area (TPSA) is 39.1 Å². The van der Waals surface area contributed by atoms with Crippen molar-refractivity contribution in [1.82, 2.24) is 14.9 Å². The van der Waals surface area contributed by atoms with Crippen molar-refractivity contribution in [2.24, 2.45) is 0 Å². The van der Waals surface area contributed by atoms with Crippen LogP contribution in [0.4, 0.5) is 4.39 Å². The van der Waals surface area contributed by atoms with Crippen LogP contribution in [0.3, 0.4) is 0 Å². The molecule has 0 saturated carbocycles. The first-order valence-corrected chi connectivity index (χ1v) is 7.38. The van der Waals surface area contributed by atoms with Gasteiger partial charge in [0, 0.05) is 32.1 Å². The fraction of sp³-hybridized carbons (Fsp3) is 0.438. The molecule has 1 aliphatic rings. The van der Waals surface area contributed by atoms with E-state index in [0.29, 0.717) is 19.2 Å². The van der Waals surface area contributed by atoms with Crippen LogP contribution in [0.5, 0.6) is 0 Å². The summed E-state index contributed by atoms with van der Waals surface area (Å²) in [7, 11) is 0. The molecule has 1 N–H and O–H groups in total. The Morgan fingerprint density at radius 2 is 2.19 bits per heavy atom. The highest BCUT2D eigenvalue weighted by atomic mass is 19.1. The molecular weight excluding hydrogens is 269 g/mol. The summed E-state index contributed by atoms with van der Waals surface area (Å²) in [5.41, 5.74) is 1.06. The summed E-state index contributed by atoms with van der Waals surface area (Å²) in [6.45, 7) is 3.17. The van der Waals surface area contributed by atoms with Gasteiger partial charge in [-0.1, -0.05) is 12.1 Å². The number of ether oxygens (including phenoxy) is 1. The summed E-state index contributed by atoms with van der Waals surface area (Å²) < 4.78 is 20.6. The summed E-state index contributed by atoms with van der Waals surface area (Å²) in [4.78, 5) is 4.38. The van der Waals surface area contributed by atoms with Crippen LogP contribution in [0.2, 0.25) is 0 Å². The van der Waals surface area contributed by atoms with Gasteiger partial charge >= 0.3 is 0 Å². The van der Waals surface area contributed by atoms with Crippen molar-refractivity contribution in [2.75, 3.05) is 13.2 Å². The number of halogens is 1. The lowest BCUT2D eigenvalue weighted by Gasteiger charge is -2.12. The van der Waals surface area contributed by atoms with Gasteiger partial charge in [-0.2, -0.15) is 0 Å². The van der Waals surface area contributed by atoms with Crippen LogP contribution in [0.15, 0.2) is 36.7 Å². The van der Waals surface area contributed by atoms with Crippen molar-refractivity contribution in [1.29, 1.82) is 0 Å². The number of benzene rings is 1. The molecule has 0 bridgehead atoms. The molecule has 5 heteroatoms. The number of hydrogen-bond donors (Lipinski definition) is 1. The number of aromatic nitrogens is 2. The molecule has 4 nitrogen and oxygen atoms in total. The van der Waals surface area contributed by atoms with Gasteiger partial charge in [0.15, 0.2) is 0 Å². The molecule has 1 aromatic carbocycles. The van der Waals surface area contributed by atoms with Gasteiger partial charge < -0.3 is 14.6 Å². The van der Waals surface area contributed by atoms with Crippen LogP contribution in [0.1, 0.15) is 24.2 Å². The highest BCUT2D eigenvalue weighted by molar-refractivity contribution is 5.17. The Morgan fingerprint density at radius 1 is 1.33 bits per heavy atom. The van der Waals surface area contributed by atoms with E-state index in [1.165, 1.54) is 12.1 Å². The summed E-state index contributed by atoms with van der Waals surface area (Å²) in [5.74, 6) is 0.778. The third-order valence-corrected chi connectivity index (χ3v) is 3.75. The van der Waals surface area contributed by atoms with Gasteiger partial charge in [-0.05, 0) is 30.5 Å². The van der Waals surface area contributed by atoms with Gasteiger partial charge in [0.1, 0.15) is 11.6 Å². The SMILES string of the molecule is Fc1ccc(Cn2ccnc2CNCC2CCCO2)cc1. The molecule has 3 rings (SSSR count). The van der Waals surface area contributed by atoms with Crippen molar-refractivity contribution < 1.29 is 9.13 Å². The van der Waals surface area contributed by atoms with Crippen LogP contribution in [-0.4, -0.2) is 28.8 Å². The van der Waals surface area contributed by atoms with Crippen molar-refractivity contribution >= 4 is 0 Å². The number of imidazole rings is 1. The Balaban J connectivity index is 1.54. The van der Waals surface area contributed by atoms with E-state index in [0.717, 1.165) is 37.4 Å². The van der Waals surface area contributed by atoms with E-state index >= 15 is 0 Å². The maximum absolute atomic E-state index is 12.9. The minimum atomic E-state index is -0.206. The Hall–Kier alpha value is -1.72. The molecule has 112 valence electrons. The monoisotopic (exact) mass is 289 g/mol. The van der Waals surface area contributed by atoms with E-state index in [1.807, 2.05) is 6.20 Å². The fourth-order valence-corrected chi connectivity index (χ4v) is 2.59. The molecule has 0 radical (unpaired) electrons. The average Bonchev–Trinajstić information content (AvgIpc) is 3.14. The van der Waals surface area contributed by atoms with Crippen molar-refractivity contribution in [3.05, 3.63) is 53.9 Å². The molecule has 2 heterocycles. The smallest absolute Gasteiger partial charge is 0.123 e. The number of nitrogens with zero attached hydrogens (tertiary/aromatic N) is 2. The number of nitrogens with one attached hydrogen (secondary N) is 1. The minimum absolute atomic E-state index is 0.206. The standard InChI is InChI=1S/C16H20FN3O/c17-14-5-3-13(4-6-14)12-20-8-7-19-16(20)11-18-10-15-2-1-9-21-15/h3-8,15,18H,1-2,9-12H2. The molecule has 1 unspecified atom stereocenters. The molecule has 1 aromatic heterocycles. The van der Waals surface area contributed by atoms with Crippen LogP contribution in [0.25, 0.3) is 0 Å². The predicted molar refractivity (Wildman–Crippen MR) is 78.4 cm³/mol. The second kappa shape index (κ2) is 6.83. The normalized spacial score (nSPS) is 18.2. The van der Waals surface area contributed by atoms with Gasteiger partial charge in [-0.25, -0.2) is 9.37 Å².